The number of H-pyrrole nitrogens is 1. The lowest BCUT2D eigenvalue weighted by Crippen LogP contribution is -1.89. The number of aromatic nitrogens is 2. The van der Waals surface area contributed by atoms with Crippen molar-refractivity contribution in [3.05, 3.63) is 24.0 Å². The summed E-state index contributed by atoms with van der Waals surface area (Å²) in [6, 6.07) is 5.88. The van der Waals surface area contributed by atoms with Gasteiger partial charge in [-0.2, -0.15) is 0 Å². The number of nitrogens with one attached hydrogen (secondary N) is 1. The number of anilines is 1. The lowest BCUT2D eigenvalue weighted by molar-refractivity contribution is 0.625. The van der Waals surface area contributed by atoms with E-state index in [2.05, 4.69) is 16.9 Å². The molecule has 0 atom stereocenters. The Bertz CT molecular complexity index is 473. The van der Waals surface area contributed by atoms with Crippen molar-refractivity contribution in [2.75, 3.05) is 5.73 Å². The second-order valence-electron chi connectivity index (χ2n) is 4.59. The quantitative estimate of drug-likeness (QED) is 0.589. The number of para-hydroxylation sites is 1. The number of hydrogen-bond acceptors (Lipinski definition) is 2. The van der Waals surface area contributed by atoms with Crippen LogP contribution in [0, 0.1) is 0 Å². The number of nitrogen functional groups attached to an aromatic ring is 1. The molecule has 1 heterocycles. The van der Waals surface area contributed by atoms with Gasteiger partial charge in [-0.05, 0) is 18.6 Å². The van der Waals surface area contributed by atoms with Gasteiger partial charge in [0.25, 0.3) is 0 Å². The van der Waals surface area contributed by atoms with Gasteiger partial charge in [-0.1, -0.05) is 38.7 Å². The minimum Gasteiger partial charge on any atom is -0.397 e. The van der Waals surface area contributed by atoms with E-state index in [4.69, 9.17) is 5.73 Å². The van der Waals surface area contributed by atoms with Crippen LogP contribution in [0.1, 0.15) is 44.9 Å². The molecule has 0 unspecified atom stereocenters. The van der Waals surface area contributed by atoms with Crippen molar-refractivity contribution in [2.24, 2.45) is 0 Å². The van der Waals surface area contributed by atoms with E-state index in [0.717, 1.165) is 29.0 Å². The highest BCUT2D eigenvalue weighted by Gasteiger charge is 2.04. The van der Waals surface area contributed by atoms with Crippen LogP contribution in [0.4, 0.5) is 5.69 Å². The van der Waals surface area contributed by atoms with E-state index in [-0.39, 0.29) is 0 Å². The van der Waals surface area contributed by atoms with Crippen molar-refractivity contribution in [1.82, 2.24) is 9.97 Å². The highest BCUT2D eigenvalue weighted by atomic mass is 14.9. The Hall–Kier alpha value is -1.51. The Balaban J connectivity index is 1.93. The van der Waals surface area contributed by atoms with Crippen LogP contribution in [0.2, 0.25) is 0 Å². The fourth-order valence-electron chi connectivity index (χ4n) is 2.12. The summed E-state index contributed by atoms with van der Waals surface area (Å²) >= 11 is 0. The summed E-state index contributed by atoms with van der Waals surface area (Å²) in [6.07, 6.45) is 7.49. The molecule has 0 radical (unpaired) electrons. The average Bonchev–Trinajstić information content (AvgIpc) is 2.73. The summed E-state index contributed by atoms with van der Waals surface area (Å²) in [5, 5.41) is 0. The molecule has 0 spiro atoms. The Morgan fingerprint density at radius 3 is 2.76 bits per heavy atom. The maximum atomic E-state index is 5.88. The molecule has 1 aromatic heterocycles. The molecule has 0 amide bonds. The summed E-state index contributed by atoms with van der Waals surface area (Å²) in [6.45, 7) is 2.24. The van der Waals surface area contributed by atoms with Crippen LogP contribution >= 0.6 is 0 Å². The Morgan fingerprint density at radius 2 is 2.00 bits per heavy atom. The SMILES string of the molecule is CCCCCCCc1nc2c(N)cccc2[nH]1. The lowest BCUT2D eigenvalue weighted by atomic mass is 10.1. The first-order valence-electron chi connectivity index (χ1n) is 6.54. The summed E-state index contributed by atoms with van der Waals surface area (Å²) in [5.41, 5.74) is 8.60. The van der Waals surface area contributed by atoms with Crippen LogP contribution in [0.5, 0.6) is 0 Å². The van der Waals surface area contributed by atoms with E-state index in [0.29, 0.717) is 0 Å². The van der Waals surface area contributed by atoms with Crippen LogP contribution in [0.3, 0.4) is 0 Å². The number of nitrogens with two attached hydrogens (primary N) is 1. The number of aryl methyl sites for hydroxylation is 1. The van der Waals surface area contributed by atoms with E-state index in [1.807, 2.05) is 18.2 Å². The number of unbranched alkanes of at least 4 members (excludes halogenated alkanes) is 4. The molecule has 0 saturated carbocycles. The molecule has 2 aromatic rings. The van der Waals surface area contributed by atoms with Crippen LogP contribution in [0.15, 0.2) is 18.2 Å². The van der Waals surface area contributed by atoms with Crippen LogP contribution in [-0.4, -0.2) is 9.97 Å². The molecule has 3 nitrogen and oxygen atoms in total. The van der Waals surface area contributed by atoms with Crippen molar-refractivity contribution in [3.8, 4) is 0 Å². The predicted molar refractivity (Wildman–Crippen MR) is 73.0 cm³/mol. The van der Waals surface area contributed by atoms with Crippen LogP contribution < -0.4 is 5.73 Å². The number of benzene rings is 1. The Kier molecular flexibility index (Phi) is 4.02. The minimum absolute atomic E-state index is 0.760. The van der Waals surface area contributed by atoms with Gasteiger partial charge >= 0.3 is 0 Å². The molecule has 0 aliphatic heterocycles. The summed E-state index contributed by atoms with van der Waals surface area (Å²) in [7, 11) is 0. The molecule has 0 aliphatic rings. The summed E-state index contributed by atoms with van der Waals surface area (Å²) < 4.78 is 0. The molecule has 17 heavy (non-hydrogen) atoms. The molecule has 0 saturated heterocycles. The smallest absolute Gasteiger partial charge is 0.111 e. The molecule has 2 rings (SSSR count). The molecule has 3 heteroatoms. The fourth-order valence-corrected chi connectivity index (χ4v) is 2.12. The topological polar surface area (TPSA) is 54.7 Å². The third-order valence-electron chi connectivity index (χ3n) is 3.11. The third-order valence-corrected chi connectivity index (χ3v) is 3.11. The molecule has 0 bridgehead atoms. The van der Waals surface area contributed by atoms with Crippen LogP contribution in [-0.2, 0) is 6.42 Å². The lowest BCUT2D eigenvalue weighted by Gasteiger charge is -1.97. The molecule has 92 valence electrons. The van der Waals surface area contributed by atoms with Crippen molar-refractivity contribution >= 4 is 16.7 Å². The van der Waals surface area contributed by atoms with Gasteiger partial charge in [0.1, 0.15) is 11.3 Å². The van der Waals surface area contributed by atoms with E-state index in [1.54, 1.807) is 0 Å². The zero-order valence-electron chi connectivity index (χ0n) is 10.5. The van der Waals surface area contributed by atoms with Gasteiger partial charge in [0.15, 0.2) is 0 Å². The fraction of sp³-hybridized carbons (Fsp3) is 0.500. The minimum atomic E-state index is 0.760. The highest BCUT2D eigenvalue weighted by molar-refractivity contribution is 5.86. The first kappa shape index (κ1) is 12.0. The van der Waals surface area contributed by atoms with E-state index in [9.17, 15) is 0 Å². The average molecular weight is 231 g/mol. The van der Waals surface area contributed by atoms with Crippen LogP contribution in [0.25, 0.3) is 11.0 Å². The zero-order valence-corrected chi connectivity index (χ0v) is 10.5. The van der Waals surface area contributed by atoms with Gasteiger partial charge < -0.3 is 10.7 Å². The highest BCUT2D eigenvalue weighted by Crippen LogP contribution is 2.19. The normalized spacial score (nSPS) is 11.1. The van der Waals surface area contributed by atoms with Crippen molar-refractivity contribution < 1.29 is 0 Å². The first-order valence-corrected chi connectivity index (χ1v) is 6.54. The third kappa shape index (κ3) is 2.99. The zero-order chi connectivity index (χ0) is 12.1. The van der Waals surface area contributed by atoms with Gasteiger partial charge in [-0.3, -0.25) is 0 Å². The number of rotatable bonds is 6. The number of aromatic amines is 1. The molecule has 1 aromatic carbocycles. The maximum Gasteiger partial charge on any atom is 0.111 e. The van der Waals surface area contributed by atoms with E-state index < -0.39 is 0 Å². The first-order chi connectivity index (χ1) is 8.31. The molecular weight excluding hydrogens is 210 g/mol. The number of hydrogen-bond donors (Lipinski definition) is 2. The standard InChI is InChI=1S/C14H21N3/c1-2-3-4-5-6-10-13-16-12-9-7-8-11(15)14(12)17-13/h7-9H,2-6,10,15H2,1H3,(H,16,17). The molecule has 0 aliphatic carbocycles. The monoisotopic (exact) mass is 231 g/mol. The number of imidazole rings is 1. The Labute approximate surface area is 102 Å². The summed E-state index contributed by atoms with van der Waals surface area (Å²) in [4.78, 5) is 7.89. The van der Waals surface area contributed by atoms with Gasteiger partial charge in [0.05, 0.1) is 11.2 Å². The second kappa shape index (κ2) is 5.71. The summed E-state index contributed by atoms with van der Waals surface area (Å²) in [5.74, 6) is 1.06. The van der Waals surface area contributed by atoms with Gasteiger partial charge in [0, 0.05) is 6.42 Å². The Morgan fingerprint density at radius 1 is 1.18 bits per heavy atom. The van der Waals surface area contributed by atoms with Crippen molar-refractivity contribution in [2.45, 2.75) is 45.4 Å². The van der Waals surface area contributed by atoms with Gasteiger partial charge in [0.2, 0.25) is 0 Å². The number of fused-ring (bicyclic) bond motifs is 1. The van der Waals surface area contributed by atoms with Gasteiger partial charge in [-0.25, -0.2) is 4.98 Å². The number of nitrogens with zero attached hydrogens (tertiary/aromatic N) is 1. The van der Waals surface area contributed by atoms with E-state index >= 15 is 0 Å². The second-order valence-corrected chi connectivity index (χ2v) is 4.59. The molecular formula is C14H21N3. The largest absolute Gasteiger partial charge is 0.397 e. The maximum absolute atomic E-state index is 5.88. The molecule has 0 fully saturated rings. The predicted octanol–water partition coefficient (Wildman–Crippen LogP) is 3.66. The molecule has 3 N–H and O–H groups in total. The van der Waals surface area contributed by atoms with Crippen molar-refractivity contribution in [3.63, 3.8) is 0 Å². The van der Waals surface area contributed by atoms with Gasteiger partial charge in [-0.15, -0.1) is 0 Å². The van der Waals surface area contributed by atoms with E-state index in [1.165, 1.54) is 32.1 Å². The van der Waals surface area contributed by atoms with Crippen molar-refractivity contribution in [1.29, 1.82) is 0 Å².